The average Bonchev–Trinajstić information content (AvgIpc) is 2.77. The number of aryl methyl sites for hydroxylation is 3. The van der Waals surface area contributed by atoms with Gasteiger partial charge in [0, 0.05) is 0 Å². The Morgan fingerprint density at radius 3 is 2.10 bits per heavy atom. The summed E-state index contributed by atoms with van der Waals surface area (Å²) in [6.45, 7) is 6.11. The molecule has 0 radical (unpaired) electrons. The van der Waals surface area contributed by atoms with Gasteiger partial charge >= 0.3 is 0 Å². The highest BCUT2D eigenvalue weighted by Gasteiger charge is 2.18. The van der Waals surface area contributed by atoms with Crippen LogP contribution in [0.25, 0.3) is 11.1 Å². The van der Waals surface area contributed by atoms with Crippen molar-refractivity contribution in [3.05, 3.63) is 83.4 Å². The molecule has 164 valence electrons. The van der Waals surface area contributed by atoms with Crippen molar-refractivity contribution in [1.82, 2.24) is 0 Å². The summed E-state index contributed by atoms with van der Waals surface area (Å²) in [7, 11) is -3.65. The first-order chi connectivity index (χ1) is 14.9. The molecule has 0 fully saturated rings. The standard InChI is InChI=1S/C27H33NO2S/c1-4-5-6-7-9-13-23-14-12-17-26(20-23)31(29,30)28-27-21(2)18-25(19-22(27)3)24-15-10-8-11-16-24/h8,10-12,14-20,28H,4-7,9,13H2,1-3H3. The molecule has 0 aliphatic heterocycles. The van der Waals surface area contributed by atoms with E-state index in [1.54, 1.807) is 6.07 Å². The maximum Gasteiger partial charge on any atom is 0.261 e. The molecule has 3 nitrogen and oxygen atoms in total. The number of hydrogen-bond acceptors (Lipinski definition) is 2. The molecular weight excluding hydrogens is 402 g/mol. The normalized spacial score (nSPS) is 11.5. The van der Waals surface area contributed by atoms with Crippen LogP contribution in [-0.2, 0) is 16.4 Å². The number of sulfonamides is 1. The number of unbranched alkanes of at least 4 members (excludes halogenated alkanes) is 4. The Morgan fingerprint density at radius 2 is 1.42 bits per heavy atom. The molecule has 0 atom stereocenters. The van der Waals surface area contributed by atoms with Gasteiger partial charge in [-0.1, -0.05) is 75.1 Å². The lowest BCUT2D eigenvalue weighted by molar-refractivity contribution is 0.600. The van der Waals surface area contributed by atoms with Crippen LogP contribution in [-0.4, -0.2) is 8.42 Å². The summed E-state index contributed by atoms with van der Waals surface area (Å²) in [4.78, 5) is 0.324. The van der Waals surface area contributed by atoms with E-state index in [4.69, 9.17) is 0 Å². The minimum absolute atomic E-state index is 0.324. The van der Waals surface area contributed by atoms with Gasteiger partial charge in [-0.2, -0.15) is 0 Å². The largest absolute Gasteiger partial charge is 0.279 e. The topological polar surface area (TPSA) is 46.2 Å². The molecule has 3 aromatic rings. The smallest absolute Gasteiger partial charge is 0.261 e. The molecular formula is C27H33NO2S. The second-order valence-electron chi connectivity index (χ2n) is 8.27. The van der Waals surface area contributed by atoms with Crippen LogP contribution in [0, 0.1) is 13.8 Å². The summed E-state index contributed by atoms with van der Waals surface area (Å²) in [6, 6.07) is 21.5. The Morgan fingerprint density at radius 1 is 0.742 bits per heavy atom. The van der Waals surface area contributed by atoms with E-state index >= 15 is 0 Å². The van der Waals surface area contributed by atoms with Gasteiger partial charge in [0.2, 0.25) is 0 Å². The number of benzene rings is 3. The molecule has 31 heavy (non-hydrogen) atoms. The van der Waals surface area contributed by atoms with E-state index in [1.807, 2.05) is 62.4 Å². The molecule has 0 heterocycles. The van der Waals surface area contributed by atoms with E-state index < -0.39 is 10.0 Å². The van der Waals surface area contributed by atoms with Gasteiger partial charge in [-0.25, -0.2) is 8.42 Å². The SMILES string of the molecule is CCCCCCCc1cccc(S(=O)(=O)Nc2c(C)cc(-c3ccccc3)cc2C)c1. The van der Waals surface area contributed by atoms with Crippen molar-refractivity contribution in [3.8, 4) is 11.1 Å². The lowest BCUT2D eigenvalue weighted by Gasteiger charge is -2.16. The molecule has 1 N–H and O–H groups in total. The highest BCUT2D eigenvalue weighted by atomic mass is 32.2. The second kappa shape index (κ2) is 10.6. The molecule has 4 heteroatoms. The summed E-state index contributed by atoms with van der Waals surface area (Å²) in [5.74, 6) is 0. The Hall–Kier alpha value is -2.59. The fourth-order valence-electron chi connectivity index (χ4n) is 3.92. The first-order valence-electron chi connectivity index (χ1n) is 11.2. The minimum Gasteiger partial charge on any atom is -0.279 e. The summed E-state index contributed by atoms with van der Waals surface area (Å²) in [6.07, 6.45) is 6.93. The van der Waals surface area contributed by atoms with Crippen molar-refractivity contribution in [3.63, 3.8) is 0 Å². The summed E-state index contributed by atoms with van der Waals surface area (Å²) >= 11 is 0. The first kappa shape index (κ1) is 23.1. The van der Waals surface area contributed by atoms with Crippen LogP contribution in [0.1, 0.15) is 55.7 Å². The summed E-state index contributed by atoms with van der Waals surface area (Å²) < 4.78 is 29.1. The Balaban J connectivity index is 1.77. The first-order valence-corrected chi connectivity index (χ1v) is 12.7. The van der Waals surface area contributed by atoms with Crippen molar-refractivity contribution < 1.29 is 8.42 Å². The Kier molecular flexibility index (Phi) is 7.91. The number of nitrogens with one attached hydrogen (secondary N) is 1. The van der Waals surface area contributed by atoms with Crippen molar-refractivity contribution in [1.29, 1.82) is 0 Å². The third-order valence-electron chi connectivity index (χ3n) is 5.65. The van der Waals surface area contributed by atoms with Gasteiger partial charge in [0.1, 0.15) is 0 Å². The van der Waals surface area contributed by atoms with Crippen LogP contribution < -0.4 is 4.72 Å². The van der Waals surface area contributed by atoms with Gasteiger partial charge in [0.05, 0.1) is 10.6 Å². The fraction of sp³-hybridized carbons (Fsp3) is 0.333. The zero-order chi connectivity index (χ0) is 22.3. The van der Waals surface area contributed by atoms with Crippen molar-refractivity contribution in [2.45, 2.75) is 64.2 Å². The predicted octanol–water partition coefficient (Wildman–Crippen LogP) is 7.28. The molecule has 0 saturated heterocycles. The van der Waals surface area contributed by atoms with E-state index in [2.05, 4.69) is 23.8 Å². The van der Waals surface area contributed by atoms with Gasteiger partial charge in [0.15, 0.2) is 0 Å². The van der Waals surface area contributed by atoms with E-state index in [9.17, 15) is 8.42 Å². The molecule has 0 aliphatic rings. The third-order valence-corrected chi connectivity index (χ3v) is 7.00. The summed E-state index contributed by atoms with van der Waals surface area (Å²) in [5, 5.41) is 0. The average molecular weight is 436 g/mol. The van der Waals surface area contributed by atoms with Gasteiger partial charge < -0.3 is 0 Å². The fourth-order valence-corrected chi connectivity index (χ4v) is 5.19. The van der Waals surface area contributed by atoms with Crippen LogP contribution in [0.5, 0.6) is 0 Å². The number of hydrogen-bond donors (Lipinski definition) is 1. The number of anilines is 1. The molecule has 3 rings (SSSR count). The zero-order valence-corrected chi connectivity index (χ0v) is 19.6. The van der Waals surface area contributed by atoms with E-state index in [0.717, 1.165) is 40.7 Å². The van der Waals surface area contributed by atoms with Crippen molar-refractivity contribution >= 4 is 15.7 Å². The predicted molar refractivity (Wildman–Crippen MR) is 131 cm³/mol. The van der Waals surface area contributed by atoms with Crippen molar-refractivity contribution in [2.75, 3.05) is 4.72 Å². The Bertz CT molecular complexity index is 1080. The summed E-state index contributed by atoms with van der Waals surface area (Å²) in [5.41, 5.74) is 5.76. The van der Waals surface area contributed by atoms with Gasteiger partial charge in [0.25, 0.3) is 10.0 Å². The van der Waals surface area contributed by atoms with Crippen LogP contribution in [0.3, 0.4) is 0 Å². The van der Waals surface area contributed by atoms with Crippen LogP contribution >= 0.6 is 0 Å². The van der Waals surface area contributed by atoms with Gasteiger partial charge in [-0.15, -0.1) is 0 Å². The molecule has 0 aliphatic carbocycles. The molecule has 0 amide bonds. The lowest BCUT2D eigenvalue weighted by Crippen LogP contribution is -2.15. The molecule has 0 spiro atoms. The monoisotopic (exact) mass is 435 g/mol. The molecule has 0 bridgehead atoms. The molecule has 0 saturated carbocycles. The van der Waals surface area contributed by atoms with E-state index in [-0.39, 0.29) is 0 Å². The Labute approximate surface area is 187 Å². The number of rotatable bonds is 10. The highest BCUT2D eigenvalue weighted by molar-refractivity contribution is 7.92. The molecule has 3 aromatic carbocycles. The maximum atomic E-state index is 13.1. The lowest BCUT2D eigenvalue weighted by atomic mass is 9.99. The van der Waals surface area contributed by atoms with E-state index in [1.165, 1.54) is 25.7 Å². The van der Waals surface area contributed by atoms with Gasteiger partial charge in [-0.05, 0) is 78.8 Å². The zero-order valence-electron chi connectivity index (χ0n) is 18.8. The van der Waals surface area contributed by atoms with Crippen LogP contribution in [0.4, 0.5) is 5.69 Å². The molecule has 0 unspecified atom stereocenters. The molecule has 0 aromatic heterocycles. The highest BCUT2D eigenvalue weighted by Crippen LogP contribution is 2.30. The minimum atomic E-state index is -3.65. The van der Waals surface area contributed by atoms with Crippen molar-refractivity contribution in [2.24, 2.45) is 0 Å². The quantitative estimate of drug-likeness (QED) is 0.340. The third kappa shape index (κ3) is 6.20. The second-order valence-corrected chi connectivity index (χ2v) is 9.95. The van der Waals surface area contributed by atoms with Crippen LogP contribution in [0.15, 0.2) is 71.6 Å². The van der Waals surface area contributed by atoms with Crippen LogP contribution in [0.2, 0.25) is 0 Å². The van der Waals surface area contributed by atoms with Gasteiger partial charge in [-0.3, -0.25) is 4.72 Å². The maximum absolute atomic E-state index is 13.1. The van der Waals surface area contributed by atoms with E-state index in [0.29, 0.717) is 10.6 Å².